The van der Waals surface area contributed by atoms with Gasteiger partial charge in [-0.1, -0.05) is 0 Å². The lowest BCUT2D eigenvalue weighted by molar-refractivity contribution is 0.0235. The average molecular weight is 391 g/mol. The summed E-state index contributed by atoms with van der Waals surface area (Å²) in [4.78, 5) is 13.8. The summed E-state index contributed by atoms with van der Waals surface area (Å²) in [6.45, 7) is 6.40. The topological polar surface area (TPSA) is 41.6 Å². The first-order chi connectivity index (χ1) is 10.7. The van der Waals surface area contributed by atoms with Crippen LogP contribution in [0.3, 0.4) is 0 Å². The van der Waals surface area contributed by atoms with E-state index in [0.717, 1.165) is 25.0 Å². The van der Waals surface area contributed by atoms with Crippen molar-refractivity contribution in [3.05, 3.63) is 28.2 Å². The van der Waals surface area contributed by atoms with Gasteiger partial charge in [0.25, 0.3) is 0 Å². The van der Waals surface area contributed by atoms with Crippen LogP contribution in [0, 0.1) is 11.6 Å². The molecule has 1 saturated heterocycles. The van der Waals surface area contributed by atoms with E-state index in [1.54, 1.807) is 4.90 Å². The average Bonchev–Trinajstić information content (AvgIpc) is 2.88. The van der Waals surface area contributed by atoms with Crippen LogP contribution in [0.25, 0.3) is 0 Å². The molecule has 1 atom stereocenters. The van der Waals surface area contributed by atoms with E-state index < -0.39 is 17.2 Å². The number of nitrogens with zero attached hydrogens (tertiary/aromatic N) is 1. The normalized spacial score (nSPS) is 18.2. The summed E-state index contributed by atoms with van der Waals surface area (Å²) < 4.78 is 32.8. The number of ether oxygens (including phenoxy) is 1. The molecule has 1 unspecified atom stereocenters. The van der Waals surface area contributed by atoms with Crippen LogP contribution in [0.15, 0.2) is 16.6 Å². The quantitative estimate of drug-likeness (QED) is 0.770. The van der Waals surface area contributed by atoms with Gasteiger partial charge in [0.05, 0.1) is 16.2 Å². The van der Waals surface area contributed by atoms with Gasteiger partial charge in [-0.2, -0.15) is 0 Å². The Labute approximate surface area is 143 Å². The largest absolute Gasteiger partial charge is 0.444 e. The summed E-state index contributed by atoms with van der Waals surface area (Å²) in [6.07, 6.45) is 1.29. The molecule has 0 radical (unpaired) electrons. The van der Waals surface area contributed by atoms with E-state index in [1.165, 1.54) is 0 Å². The fourth-order valence-electron chi connectivity index (χ4n) is 2.49. The van der Waals surface area contributed by atoms with Crippen LogP contribution in [-0.2, 0) is 4.74 Å². The Morgan fingerprint density at radius 3 is 2.74 bits per heavy atom. The molecular formula is C16H21BrF2N2O2. The van der Waals surface area contributed by atoms with E-state index in [9.17, 15) is 13.6 Å². The number of anilines is 1. The predicted octanol–water partition coefficient (Wildman–Crippen LogP) is 4.54. The van der Waals surface area contributed by atoms with Gasteiger partial charge in [0.15, 0.2) is 0 Å². The second-order valence-corrected chi connectivity index (χ2v) is 7.45. The van der Waals surface area contributed by atoms with E-state index in [0.29, 0.717) is 13.1 Å². The minimum absolute atomic E-state index is 0.0804. The number of likely N-dealkylation sites (tertiary alicyclic amines) is 1. The van der Waals surface area contributed by atoms with Crippen molar-refractivity contribution in [2.24, 2.45) is 0 Å². The highest BCUT2D eigenvalue weighted by Gasteiger charge is 2.32. The number of amides is 1. The molecule has 1 aliphatic rings. The van der Waals surface area contributed by atoms with Crippen LogP contribution in [0.1, 0.15) is 33.6 Å². The number of rotatable bonds is 3. The van der Waals surface area contributed by atoms with Gasteiger partial charge in [-0.05, 0) is 55.6 Å². The Bertz CT molecular complexity index is 590. The Kier molecular flexibility index (Phi) is 5.49. The van der Waals surface area contributed by atoms with Gasteiger partial charge in [0.1, 0.15) is 17.2 Å². The molecule has 0 saturated carbocycles. The molecule has 1 amide bonds. The lowest BCUT2D eigenvalue weighted by Gasteiger charge is -2.29. The highest BCUT2D eigenvalue weighted by molar-refractivity contribution is 9.10. The van der Waals surface area contributed by atoms with Crippen molar-refractivity contribution in [2.75, 3.05) is 18.4 Å². The number of hydrogen-bond donors (Lipinski definition) is 1. The first-order valence-electron chi connectivity index (χ1n) is 7.55. The molecule has 2 rings (SSSR count). The van der Waals surface area contributed by atoms with Crippen molar-refractivity contribution >= 4 is 27.7 Å². The molecule has 0 bridgehead atoms. The van der Waals surface area contributed by atoms with Crippen LogP contribution in [0.4, 0.5) is 19.3 Å². The molecule has 1 fully saturated rings. The molecule has 1 aromatic rings. The highest BCUT2D eigenvalue weighted by Crippen LogP contribution is 2.25. The molecule has 0 spiro atoms. The molecule has 0 aliphatic carbocycles. The van der Waals surface area contributed by atoms with Crippen molar-refractivity contribution in [1.29, 1.82) is 0 Å². The minimum atomic E-state index is -0.557. The maximum atomic E-state index is 13.8. The Morgan fingerprint density at radius 1 is 1.39 bits per heavy atom. The van der Waals surface area contributed by atoms with Crippen molar-refractivity contribution in [2.45, 2.75) is 45.3 Å². The number of nitrogens with one attached hydrogen (secondary N) is 1. The second kappa shape index (κ2) is 7.03. The van der Waals surface area contributed by atoms with E-state index >= 15 is 0 Å². The minimum Gasteiger partial charge on any atom is -0.444 e. The third-order valence-corrected chi connectivity index (χ3v) is 4.15. The first-order valence-corrected chi connectivity index (χ1v) is 8.35. The van der Waals surface area contributed by atoms with Crippen molar-refractivity contribution in [1.82, 2.24) is 4.90 Å². The van der Waals surface area contributed by atoms with Crippen LogP contribution < -0.4 is 5.32 Å². The molecular weight excluding hydrogens is 370 g/mol. The molecule has 1 aromatic carbocycles. The zero-order chi connectivity index (χ0) is 17.2. The molecule has 1 N–H and O–H groups in total. The van der Waals surface area contributed by atoms with Gasteiger partial charge in [0.2, 0.25) is 0 Å². The summed E-state index contributed by atoms with van der Waals surface area (Å²) in [7, 11) is 0. The maximum absolute atomic E-state index is 13.8. The number of carbonyl (C=O) groups is 1. The summed E-state index contributed by atoms with van der Waals surface area (Å²) in [5.74, 6) is -1.08. The zero-order valence-corrected chi connectivity index (χ0v) is 15.0. The Balaban J connectivity index is 1.99. The van der Waals surface area contributed by atoms with E-state index in [4.69, 9.17) is 4.74 Å². The predicted molar refractivity (Wildman–Crippen MR) is 88.5 cm³/mol. The summed E-state index contributed by atoms with van der Waals surface area (Å²) >= 11 is 2.94. The van der Waals surface area contributed by atoms with Gasteiger partial charge in [-0.3, -0.25) is 0 Å². The van der Waals surface area contributed by atoms with Gasteiger partial charge in [-0.25, -0.2) is 13.6 Å². The van der Waals surface area contributed by atoms with E-state index in [1.807, 2.05) is 20.8 Å². The summed E-state index contributed by atoms with van der Waals surface area (Å²) in [5.41, 5.74) is -0.472. The van der Waals surface area contributed by atoms with E-state index in [-0.39, 0.29) is 22.3 Å². The third kappa shape index (κ3) is 4.80. The lowest BCUT2D eigenvalue weighted by Crippen LogP contribution is -2.42. The third-order valence-electron chi connectivity index (χ3n) is 3.54. The Hall–Kier alpha value is -1.37. The molecule has 128 valence electrons. The zero-order valence-electron chi connectivity index (χ0n) is 13.5. The van der Waals surface area contributed by atoms with Crippen molar-refractivity contribution in [3.63, 3.8) is 0 Å². The fraction of sp³-hybridized carbons (Fsp3) is 0.562. The smallest absolute Gasteiger partial charge is 0.410 e. The highest BCUT2D eigenvalue weighted by atomic mass is 79.9. The van der Waals surface area contributed by atoms with Crippen LogP contribution in [0.5, 0.6) is 0 Å². The van der Waals surface area contributed by atoms with Gasteiger partial charge in [-0.15, -0.1) is 0 Å². The summed E-state index contributed by atoms with van der Waals surface area (Å²) in [6, 6.07) is 2.08. The van der Waals surface area contributed by atoms with E-state index in [2.05, 4.69) is 21.2 Å². The lowest BCUT2D eigenvalue weighted by atomic mass is 10.2. The van der Waals surface area contributed by atoms with Gasteiger partial charge >= 0.3 is 6.09 Å². The van der Waals surface area contributed by atoms with Crippen LogP contribution in [-0.4, -0.2) is 35.7 Å². The molecule has 0 aromatic heterocycles. The standard InChI is InChI=1S/C16H21BrF2N2O2/c1-16(2,3)23-15(22)21-6-4-5-10(21)9-20-14-8-12(18)11(17)7-13(14)19/h7-8,10,20H,4-6,9H2,1-3H3. The van der Waals surface area contributed by atoms with Crippen molar-refractivity contribution < 1.29 is 18.3 Å². The van der Waals surface area contributed by atoms with Crippen molar-refractivity contribution in [3.8, 4) is 0 Å². The molecule has 7 heteroatoms. The number of hydrogen-bond acceptors (Lipinski definition) is 3. The molecule has 23 heavy (non-hydrogen) atoms. The first kappa shape index (κ1) is 18.0. The number of halogens is 3. The second-order valence-electron chi connectivity index (χ2n) is 6.60. The van der Waals surface area contributed by atoms with Gasteiger partial charge < -0.3 is 15.0 Å². The van der Waals surface area contributed by atoms with Gasteiger partial charge in [0, 0.05) is 19.2 Å². The fourth-order valence-corrected chi connectivity index (χ4v) is 2.81. The van der Waals surface area contributed by atoms with Crippen LogP contribution in [0.2, 0.25) is 0 Å². The SMILES string of the molecule is CC(C)(C)OC(=O)N1CCCC1CNc1cc(F)c(Br)cc1F. The Morgan fingerprint density at radius 2 is 2.09 bits per heavy atom. The summed E-state index contributed by atoms with van der Waals surface area (Å²) in [5, 5.41) is 2.89. The number of benzene rings is 1. The maximum Gasteiger partial charge on any atom is 0.410 e. The molecule has 1 heterocycles. The number of carbonyl (C=O) groups excluding carboxylic acids is 1. The van der Waals surface area contributed by atoms with Crippen LogP contribution >= 0.6 is 15.9 Å². The molecule has 4 nitrogen and oxygen atoms in total. The monoisotopic (exact) mass is 390 g/mol. The molecule has 1 aliphatic heterocycles.